The van der Waals surface area contributed by atoms with E-state index in [1.807, 2.05) is 18.2 Å². The smallest absolute Gasteiger partial charge is 0.310 e. The molecule has 0 saturated heterocycles. The molecule has 140 valence electrons. The van der Waals surface area contributed by atoms with E-state index in [4.69, 9.17) is 4.74 Å². The van der Waals surface area contributed by atoms with E-state index in [-0.39, 0.29) is 12.2 Å². The fourth-order valence-corrected chi connectivity index (χ4v) is 4.12. The number of hydrogen-bond acceptors (Lipinski definition) is 5. The zero-order valence-corrected chi connectivity index (χ0v) is 15.3. The average molecular weight is 385 g/mol. The lowest BCUT2D eigenvalue weighted by molar-refractivity contribution is -0.147. The highest BCUT2D eigenvalue weighted by molar-refractivity contribution is 7.94. The van der Waals surface area contributed by atoms with Crippen LogP contribution in [0.15, 0.2) is 72.1 Å². The van der Waals surface area contributed by atoms with Crippen LogP contribution in [0.4, 0.5) is 5.69 Å². The predicted molar refractivity (Wildman–Crippen MR) is 102 cm³/mol. The molecule has 0 spiro atoms. The fraction of sp³-hybridized carbons (Fsp3) is 0.200. The molecule has 1 aliphatic rings. The first-order chi connectivity index (χ1) is 12.9. The van der Waals surface area contributed by atoms with Crippen molar-refractivity contribution in [2.45, 2.75) is 12.5 Å². The van der Waals surface area contributed by atoms with Crippen LogP contribution in [0.1, 0.15) is 5.56 Å². The maximum Gasteiger partial charge on any atom is 0.310 e. The number of para-hydroxylation sites is 1. The third-order valence-electron chi connectivity index (χ3n) is 4.09. The standard InChI is InChI=1S/C20H19NO5S/c22-19(14-26-20(23)13-16-7-3-1-4-8-16)21(17-9-5-2-6-10-17)18-11-12-27(24,25)15-18/h1-12,18H,13-15H2. The van der Waals surface area contributed by atoms with Crippen LogP contribution in [0.5, 0.6) is 0 Å². The Labute approximate surface area is 158 Å². The molecule has 1 heterocycles. The van der Waals surface area contributed by atoms with Gasteiger partial charge in [-0.05, 0) is 23.8 Å². The number of rotatable bonds is 6. The molecule has 3 rings (SSSR count). The van der Waals surface area contributed by atoms with Crippen LogP contribution < -0.4 is 4.90 Å². The van der Waals surface area contributed by atoms with Gasteiger partial charge >= 0.3 is 5.97 Å². The van der Waals surface area contributed by atoms with Crippen molar-refractivity contribution < 1.29 is 22.7 Å². The summed E-state index contributed by atoms with van der Waals surface area (Å²) >= 11 is 0. The van der Waals surface area contributed by atoms with E-state index >= 15 is 0 Å². The minimum atomic E-state index is -3.34. The Balaban J connectivity index is 1.68. The van der Waals surface area contributed by atoms with Gasteiger partial charge < -0.3 is 9.64 Å². The topological polar surface area (TPSA) is 80.8 Å². The van der Waals surface area contributed by atoms with Crippen molar-refractivity contribution in [3.63, 3.8) is 0 Å². The van der Waals surface area contributed by atoms with Crippen molar-refractivity contribution in [1.82, 2.24) is 0 Å². The van der Waals surface area contributed by atoms with Crippen molar-refractivity contribution in [1.29, 1.82) is 0 Å². The van der Waals surface area contributed by atoms with Crippen LogP contribution in [-0.4, -0.2) is 38.7 Å². The number of esters is 1. The van der Waals surface area contributed by atoms with Gasteiger partial charge in [-0.2, -0.15) is 0 Å². The molecule has 0 saturated carbocycles. The first-order valence-corrected chi connectivity index (χ1v) is 10.1. The second-order valence-electron chi connectivity index (χ2n) is 6.15. The summed E-state index contributed by atoms with van der Waals surface area (Å²) in [5, 5.41) is 1.11. The van der Waals surface area contributed by atoms with Crippen LogP contribution in [-0.2, 0) is 30.6 Å². The van der Waals surface area contributed by atoms with Crippen molar-refractivity contribution in [3.8, 4) is 0 Å². The summed E-state index contributed by atoms with van der Waals surface area (Å²) in [6.07, 6.45) is 1.54. The average Bonchev–Trinajstić information content (AvgIpc) is 3.01. The van der Waals surface area contributed by atoms with E-state index in [0.717, 1.165) is 11.0 Å². The third-order valence-corrected chi connectivity index (χ3v) is 5.47. The molecule has 0 N–H and O–H groups in total. The molecule has 27 heavy (non-hydrogen) atoms. The molecule has 2 aromatic rings. The number of sulfone groups is 1. The Morgan fingerprint density at radius 3 is 2.22 bits per heavy atom. The number of amides is 1. The molecule has 0 aromatic heterocycles. The number of benzene rings is 2. The predicted octanol–water partition coefficient (Wildman–Crippen LogP) is 2.12. The molecule has 1 atom stereocenters. The highest BCUT2D eigenvalue weighted by Crippen LogP contribution is 2.22. The van der Waals surface area contributed by atoms with Gasteiger partial charge in [0.2, 0.25) is 0 Å². The highest BCUT2D eigenvalue weighted by Gasteiger charge is 2.31. The molecule has 0 fully saturated rings. The lowest BCUT2D eigenvalue weighted by Crippen LogP contribution is -2.43. The number of ether oxygens (including phenoxy) is 1. The maximum absolute atomic E-state index is 12.7. The molecule has 7 heteroatoms. The number of carbonyl (C=O) groups excluding carboxylic acids is 2. The quantitative estimate of drug-likeness (QED) is 0.712. The molecular weight excluding hydrogens is 366 g/mol. The fourth-order valence-electron chi connectivity index (χ4n) is 2.85. The van der Waals surface area contributed by atoms with Crippen LogP contribution >= 0.6 is 0 Å². The maximum atomic E-state index is 12.7. The van der Waals surface area contributed by atoms with E-state index in [9.17, 15) is 18.0 Å². The first-order valence-electron chi connectivity index (χ1n) is 8.42. The Bertz CT molecular complexity index is 939. The summed E-state index contributed by atoms with van der Waals surface area (Å²) in [5.41, 5.74) is 1.34. The van der Waals surface area contributed by atoms with Gasteiger partial charge in [-0.25, -0.2) is 8.42 Å². The lowest BCUT2D eigenvalue weighted by atomic mass is 10.2. The van der Waals surface area contributed by atoms with Crippen LogP contribution in [0.2, 0.25) is 0 Å². The van der Waals surface area contributed by atoms with E-state index in [1.165, 1.54) is 11.0 Å². The summed E-state index contributed by atoms with van der Waals surface area (Å²) in [5.74, 6) is -1.18. The van der Waals surface area contributed by atoms with Crippen LogP contribution in [0, 0.1) is 0 Å². The first kappa shape index (κ1) is 18.8. The minimum Gasteiger partial charge on any atom is -0.455 e. The van der Waals surface area contributed by atoms with E-state index in [2.05, 4.69) is 0 Å². The Morgan fingerprint density at radius 2 is 1.63 bits per heavy atom. The molecule has 2 aromatic carbocycles. The van der Waals surface area contributed by atoms with Gasteiger partial charge in [-0.15, -0.1) is 0 Å². The van der Waals surface area contributed by atoms with Crippen molar-refractivity contribution in [2.24, 2.45) is 0 Å². The minimum absolute atomic E-state index is 0.0666. The molecule has 0 aliphatic carbocycles. The zero-order chi connectivity index (χ0) is 19.3. The molecule has 1 amide bonds. The van der Waals surface area contributed by atoms with Gasteiger partial charge in [-0.3, -0.25) is 9.59 Å². The van der Waals surface area contributed by atoms with Crippen molar-refractivity contribution in [2.75, 3.05) is 17.3 Å². The Kier molecular flexibility index (Phi) is 5.71. The second kappa shape index (κ2) is 8.18. The Hall–Kier alpha value is -2.93. The van der Waals surface area contributed by atoms with E-state index < -0.39 is 34.4 Å². The van der Waals surface area contributed by atoms with Crippen molar-refractivity contribution >= 4 is 27.4 Å². The molecular formula is C20H19NO5S. The molecule has 1 aliphatic heterocycles. The molecule has 1 unspecified atom stereocenters. The summed E-state index contributed by atoms with van der Waals surface area (Å²) in [6.45, 7) is -0.453. The van der Waals surface area contributed by atoms with Gasteiger partial charge in [0, 0.05) is 11.1 Å². The number of anilines is 1. The monoisotopic (exact) mass is 385 g/mol. The zero-order valence-electron chi connectivity index (χ0n) is 14.5. The van der Waals surface area contributed by atoms with Gasteiger partial charge in [0.15, 0.2) is 16.4 Å². The Morgan fingerprint density at radius 1 is 1.00 bits per heavy atom. The van der Waals surface area contributed by atoms with E-state index in [1.54, 1.807) is 42.5 Å². The number of carbonyl (C=O) groups is 2. The van der Waals surface area contributed by atoms with Gasteiger partial charge in [0.25, 0.3) is 5.91 Å². The lowest BCUT2D eigenvalue weighted by Gasteiger charge is -2.27. The molecule has 0 bridgehead atoms. The summed E-state index contributed by atoms with van der Waals surface area (Å²) in [6, 6.07) is 17.2. The largest absolute Gasteiger partial charge is 0.455 e. The third kappa shape index (κ3) is 5.04. The van der Waals surface area contributed by atoms with E-state index in [0.29, 0.717) is 5.69 Å². The van der Waals surface area contributed by atoms with Gasteiger partial charge in [-0.1, -0.05) is 48.5 Å². The summed E-state index contributed by atoms with van der Waals surface area (Å²) in [7, 11) is -3.34. The second-order valence-corrected chi connectivity index (χ2v) is 8.08. The number of nitrogens with zero attached hydrogens (tertiary/aromatic N) is 1. The molecule has 6 nitrogen and oxygen atoms in total. The van der Waals surface area contributed by atoms with Gasteiger partial charge in [0.1, 0.15) is 0 Å². The van der Waals surface area contributed by atoms with Crippen molar-refractivity contribution in [3.05, 3.63) is 77.7 Å². The highest BCUT2D eigenvalue weighted by atomic mass is 32.2. The summed E-state index contributed by atoms with van der Waals surface area (Å²) < 4.78 is 28.6. The van der Waals surface area contributed by atoms with Gasteiger partial charge in [0.05, 0.1) is 18.2 Å². The normalized spacial score (nSPS) is 17.4. The number of hydrogen-bond donors (Lipinski definition) is 0. The SMILES string of the molecule is O=C(Cc1ccccc1)OCC(=O)N(c1ccccc1)C1C=CS(=O)(=O)C1. The molecule has 0 radical (unpaired) electrons. The van der Waals surface area contributed by atoms with Crippen LogP contribution in [0.3, 0.4) is 0 Å². The summed E-state index contributed by atoms with van der Waals surface area (Å²) in [4.78, 5) is 26.1. The van der Waals surface area contributed by atoms with Crippen LogP contribution in [0.25, 0.3) is 0 Å².